The zero-order chi connectivity index (χ0) is 24.7. The van der Waals surface area contributed by atoms with Crippen LogP contribution in [0.1, 0.15) is 49.9 Å². The molecule has 0 radical (unpaired) electrons. The lowest BCUT2D eigenvalue weighted by atomic mass is 10.2. The minimum atomic E-state index is -3.52. The lowest BCUT2D eigenvalue weighted by Crippen LogP contribution is -2.34. The maximum absolute atomic E-state index is 12.9. The Hall–Kier alpha value is -2.01. The first kappa shape index (κ1) is 26.6. The van der Waals surface area contributed by atoms with Gasteiger partial charge in [-0.2, -0.15) is 4.31 Å². The smallest absolute Gasteiger partial charge is 0.261 e. The van der Waals surface area contributed by atoms with E-state index in [4.69, 9.17) is 17.0 Å². The van der Waals surface area contributed by atoms with Gasteiger partial charge in [0.15, 0.2) is 5.11 Å². The highest BCUT2D eigenvalue weighted by atomic mass is 79.9. The summed E-state index contributed by atoms with van der Waals surface area (Å²) in [5.41, 5.74) is 0.934. The fraction of sp³-hybridized carbons (Fsp3) is 0.417. The number of amides is 1. The van der Waals surface area contributed by atoms with E-state index in [1.54, 1.807) is 40.7 Å². The van der Waals surface area contributed by atoms with E-state index in [9.17, 15) is 13.2 Å². The van der Waals surface area contributed by atoms with Crippen molar-refractivity contribution < 1.29 is 17.9 Å². The van der Waals surface area contributed by atoms with Gasteiger partial charge >= 0.3 is 0 Å². The van der Waals surface area contributed by atoms with E-state index in [0.29, 0.717) is 42.6 Å². The Labute approximate surface area is 215 Å². The van der Waals surface area contributed by atoms with Gasteiger partial charge in [0.1, 0.15) is 5.75 Å². The summed E-state index contributed by atoms with van der Waals surface area (Å²) >= 11 is 8.68. The summed E-state index contributed by atoms with van der Waals surface area (Å²) in [4.78, 5) is 13.1. The van der Waals surface area contributed by atoms with Crippen molar-refractivity contribution in [3.05, 3.63) is 52.5 Å². The molecule has 2 aromatic carbocycles. The molecule has 1 fully saturated rings. The maximum Gasteiger partial charge on any atom is 0.261 e. The molecule has 0 bridgehead atoms. The van der Waals surface area contributed by atoms with E-state index in [1.807, 2.05) is 19.9 Å². The summed E-state index contributed by atoms with van der Waals surface area (Å²) in [6, 6.07) is 11.6. The Bertz CT molecular complexity index is 1110. The minimum Gasteiger partial charge on any atom is -0.492 e. The van der Waals surface area contributed by atoms with Crippen molar-refractivity contribution in [1.82, 2.24) is 9.62 Å². The normalized spacial score (nSPS) is 14.9. The molecule has 34 heavy (non-hydrogen) atoms. The number of nitrogens with one attached hydrogen (secondary N) is 2. The second kappa shape index (κ2) is 12.1. The van der Waals surface area contributed by atoms with Gasteiger partial charge in [-0.3, -0.25) is 10.1 Å². The molecule has 0 aromatic heterocycles. The molecule has 0 aliphatic carbocycles. The Morgan fingerprint density at radius 3 is 2.35 bits per heavy atom. The number of halogens is 1. The second-order valence-corrected chi connectivity index (χ2v) is 11.9. The number of ether oxygens (including phenoxy) is 1. The van der Waals surface area contributed by atoms with Crippen LogP contribution < -0.4 is 15.4 Å². The zero-order valence-corrected chi connectivity index (χ0v) is 22.6. The molecule has 1 saturated heterocycles. The number of benzene rings is 2. The summed E-state index contributed by atoms with van der Waals surface area (Å²) < 4.78 is 34.0. The first-order valence-corrected chi connectivity index (χ1v) is 14.0. The van der Waals surface area contributed by atoms with Crippen LogP contribution >= 0.6 is 28.1 Å². The molecule has 0 spiro atoms. The van der Waals surface area contributed by atoms with Gasteiger partial charge in [0, 0.05) is 23.2 Å². The van der Waals surface area contributed by atoms with Crippen LogP contribution in [0.15, 0.2) is 51.8 Å². The molecule has 7 nitrogen and oxygen atoms in total. The molecule has 2 N–H and O–H groups in total. The van der Waals surface area contributed by atoms with Gasteiger partial charge in [-0.25, -0.2) is 8.42 Å². The lowest BCUT2D eigenvalue weighted by molar-refractivity contribution is 0.0973. The van der Waals surface area contributed by atoms with Crippen LogP contribution in [0.4, 0.5) is 5.69 Å². The zero-order valence-electron chi connectivity index (χ0n) is 19.3. The third kappa shape index (κ3) is 7.24. The number of hydrogen-bond donors (Lipinski definition) is 2. The number of thiocarbonyl (C=S) groups is 1. The van der Waals surface area contributed by atoms with Crippen LogP contribution in [0.25, 0.3) is 0 Å². The SMILES string of the molecule is CC(C)COc1ccc(Br)cc1C(=O)NC(=S)Nc1ccc(S(=O)(=O)N2CCCCCC2)cc1. The standard InChI is InChI=1S/C24H30BrN3O4S2/c1-17(2)16-32-22-12-7-18(25)15-21(22)23(29)27-24(33)26-19-8-10-20(11-9-19)34(30,31)28-13-5-3-4-6-14-28/h7-12,15,17H,3-6,13-14,16H2,1-2H3,(H2,26,27,29,33). The third-order valence-electron chi connectivity index (χ3n) is 5.30. The summed E-state index contributed by atoms with van der Waals surface area (Å²) in [5, 5.41) is 5.69. The van der Waals surface area contributed by atoms with Crippen molar-refractivity contribution in [2.75, 3.05) is 25.0 Å². The molecule has 10 heteroatoms. The van der Waals surface area contributed by atoms with Gasteiger partial charge < -0.3 is 10.1 Å². The van der Waals surface area contributed by atoms with Gasteiger partial charge in [-0.05, 0) is 73.4 Å². The number of anilines is 1. The molecule has 1 amide bonds. The van der Waals surface area contributed by atoms with Gasteiger partial charge in [0.25, 0.3) is 5.91 Å². The highest BCUT2D eigenvalue weighted by molar-refractivity contribution is 9.10. The number of rotatable bonds is 7. The van der Waals surface area contributed by atoms with Crippen molar-refractivity contribution in [2.24, 2.45) is 5.92 Å². The Kier molecular flexibility index (Phi) is 9.47. The average molecular weight is 569 g/mol. The van der Waals surface area contributed by atoms with E-state index in [0.717, 1.165) is 30.2 Å². The van der Waals surface area contributed by atoms with E-state index < -0.39 is 15.9 Å². The Morgan fingerprint density at radius 2 is 1.74 bits per heavy atom. The van der Waals surface area contributed by atoms with Gasteiger partial charge in [0.2, 0.25) is 10.0 Å². The molecular formula is C24H30BrN3O4S2. The predicted octanol–water partition coefficient (Wildman–Crippen LogP) is 5.18. The van der Waals surface area contributed by atoms with Crippen LogP contribution in [-0.2, 0) is 10.0 Å². The monoisotopic (exact) mass is 567 g/mol. The average Bonchev–Trinajstić information content (AvgIpc) is 3.08. The summed E-state index contributed by atoms with van der Waals surface area (Å²) in [6.07, 6.45) is 3.89. The van der Waals surface area contributed by atoms with Crippen LogP contribution in [0.2, 0.25) is 0 Å². The van der Waals surface area contributed by atoms with Gasteiger partial charge in [-0.1, -0.05) is 42.6 Å². The fourth-order valence-corrected chi connectivity index (χ4v) is 5.62. The highest BCUT2D eigenvalue weighted by Gasteiger charge is 2.25. The molecule has 1 heterocycles. The summed E-state index contributed by atoms with van der Waals surface area (Å²) in [5.74, 6) is 0.381. The van der Waals surface area contributed by atoms with Crippen LogP contribution in [0, 0.1) is 5.92 Å². The second-order valence-electron chi connectivity index (χ2n) is 8.60. The molecule has 3 rings (SSSR count). The lowest BCUT2D eigenvalue weighted by Gasteiger charge is -2.20. The van der Waals surface area contributed by atoms with E-state index in [2.05, 4.69) is 26.6 Å². The van der Waals surface area contributed by atoms with Crippen molar-refractivity contribution in [3.8, 4) is 5.75 Å². The van der Waals surface area contributed by atoms with E-state index in [1.165, 1.54) is 0 Å². The highest BCUT2D eigenvalue weighted by Crippen LogP contribution is 2.24. The Balaban J connectivity index is 1.64. The van der Waals surface area contributed by atoms with Crippen molar-refractivity contribution in [1.29, 1.82) is 0 Å². The molecule has 2 aromatic rings. The van der Waals surface area contributed by atoms with Crippen LogP contribution in [-0.4, -0.2) is 43.4 Å². The number of carbonyl (C=O) groups is 1. The molecular weight excluding hydrogens is 538 g/mol. The number of hydrogen-bond acceptors (Lipinski definition) is 5. The Morgan fingerprint density at radius 1 is 1.09 bits per heavy atom. The molecule has 1 aliphatic heterocycles. The minimum absolute atomic E-state index is 0.0999. The van der Waals surface area contributed by atoms with Crippen molar-refractivity contribution in [3.63, 3.8) is 0 Å². The first-order valence-electron chi connectivity index (χ1n) is 11.3. The summed E-state index contributed by atoms with van der Waals surface area (Å²) in [6.45, 7) is 5.65. The van der Waals surface area contributed by atoms with Crippen LogP contribution in [0.3, 0.4) is 0 Å². The molecule has 0 atom stereocenters. The van der Waals surface area contributed by atoms with Crippen LogP contribution in [0.5, 0.6) is 5.75 Å². The molecule has 1 aliphatic rings. The van der Waals surface area contributed by atoms with Crippen molar-refractivity contribution in [2.45, 2.75) is 44.4 Å². The maximum atomic E-state index is 12.9. The quantitative estimate of drug-likeness (QED) is 0.448. The number of sulfonamides is 1. The third-order valence-corrected chi connectivity index (χ3v) is 7.91. The molecule has 0 unspecified atom stereocenters. The van der Waals surface area contributed by atoms with Crippen molar-refractivity contribution >= 4 is 54.9 Å². The molecule has 184 valence electrons. The summed E-state index contributed by atoms with van der Waals surface area (Å²) in [7, 11) is -3.52. The fourth-order valence-electron chi connectivity index (χ4n) is 3.54. The topological polar surface area (TPSA) is 87.7 Å². The van der Waals surface area contributed by atoms with E-state index >= 15 is 0 Å². The molecule has 0 saturated carbocycles. The van der Waals surface area contributed by atoms with E-state index in [-0.39, 0.29) is 10.0 Å². The first-order chi connectivity index (χ1) is 16.2. The largest absolute Gasteiger partial charge is 0.492 e. The number of nitrogens with zero attached hydrogens (tertiary/aromatic N) is 1. The van der Waals surface area contributed by atoms with Gasteiger partial charge in [0.05, 0.1) is 17.1 Å². The predicted molar refractivity (Wildman–Crippen MR) is 142 cm³/mol. The van der Waals surface area contributed by atoms with Gasteiger partial charge in [-0.15, -0.1) is 0 Å². The number of carbonyl (C=O) groups excluding carboxylic acids is 1.